The van der Waals surface area contributed by atoms with Gasteiger partial charge in [0.25, 0.3) is 0 Å². The Kier molecular flexibility index (Phi) is 5.55. The third-order valence-electron chi connectivity index (χ3n) is 2.98. The minimum Gasteiger partial charge on any atom is -0.497 e. The highest BCUT2D eigenvalue weighted by atomic mass is 16.5. The maximum Gasteiger partial charge on any atom is 0.316 e. The average molecular weight is 264 g/mol. The molecule has 0 aliphatic rings. The lowest BCUT2D eigenvalue weighted by Crippen LogP contribution is -2.31. The van der Waals surface area contributed by atoms with Gasteiger partial charge in [-0.1, -0.05) is 26.0 Å². The normalized spacial score (nSPS) is 12.1. The summed E-state index contributed by atoms with van der Waals surface area (Å²) in [5.41, 5.74) is 0.832. The molecule has 0 saturated heterocycles. The van der Waals surface area contributed by atoms with E-state index in [4.69, 9.17) is 9.47 Å². The quantitative estimate of drug-likeness (QED) is 0.584. The van der Waals surface area contributed by atoms with Gasteiger partial charge < -0.3 is 9.47 Å². The zero-order valence-electron chi connectivity index (χ0n) is 11.8. The van der Waals surface area contributed by atoms with Crippen LogP contribution in [0.25, 0.3) is 0 Å². The number of benzene rings is 1. The minimum absolute atomic E-state index is 0.0782. The fourth-order valence-corrected chi connectivity index (χ4v) is 2.00. The highest BCUT2D eigenvalue weighted by molar-refractivity contribution is 6.00. The molecule has 1 aromatic rings. The molecule has 0 aliphatic heterocycles. The standard InChI is InChI=1S/C15H20O4/c1-10(2)14(15(17)19-4)13(16)9-11-6-5-7-12(8-11)18-3/h5-8,10,14H,9H2,1-4H3. The number of ketones is 1. The van der Waals surface area contributed by atoms with E-state index in [1.807, 2.05) is 32.0 Å². The molecule has 4 nitrogen and oxygen atoms in total. The molecule has 19 heavy (non-hydrogen) atoms. The molecule has 1 rings (SSSR count). The maximum atomic E-state index is 12.2. The SMILES string of the molecule is COC(=O)C(C(=O)Cc1cccc(OC)c1)C(C)C. The number of hydrogen-bond acceptors (Lipinski definition) is 4. The van der Waals surface area contributed by atoms with E-state index in [2.05, 4.69) is 0 Å². The van der Waals surface area contributed by atoms with Gasteiger partial charge in [0, 0.05) is 6.42 Å². The fraction of sp³-hybridized carbons (Fsp3) is 0.467. The van der Waals surface area contributed by atoms with Crippen LogP contribution in [0.2, 0.25) is 0 Å². The van der Waals surface area contributed by atoms with Crippen molar-refractivity contribution in [2.45, 2.75) is 20.3 Å². The third kappa shape index (κ3) is 4.09. The molecule has 0 aromatic heterocycles. The van der Waals surface area contributed by atoms with Gasteiger partial charge in [0.2, 0.25) is 0 Å². The van der Waals surface area contributed by atoms with Gasteiger partial charge in [-0.05, 0) is 23.6 Å². The van der Waals surface area contributed by atoms with Crippen molar-refractivity contribution < 1.29 is 19.1 Å². The van der Waals surface area contributed by atoms with Crippen LogP contribution in [0.3, 0.4) is 0 Å². The summed E-state index contributed by atoms with van der Waals surface area (Å²) in [6.07, 6.45) is 0.204. The topological polar surface area (TPSA) is 52.6 Å². The molecular weight excluding hydrogens is 244 g/mol. The summed E-state index contributed by atoms with van der Waals surface area (Å²) in [5.74, 6) is -0.691. The molecule has 1 atom stereocenters. The van der Waals surface area contributed by atoms with Gasteiger partial charge in [-0.3, -0.25) is 9.59 Å². The van der Waals surface area contributed by atoms with Gasteiger partial charge in [-0.15, -0.1) is 0 Å². The van der Waals surface area contributed by atoms with Crippen LogP contribution >= 0.6 is 0 Å². The Morgan fingerprint density at radius 3 is 2.42 bits per heavy atom. The van der Waals surface area contributed by atoms with E-state index in [1.54, 1.807) is 13.2 Å². The van der Waals surface area contributed by atoms with E-state index < -0.39 is 11.9 Å². The smallest absolute Gasteiger partial charge is 0.316 e. The maximum absolute atomic E-state index is 12.2. The molecule has 1 aromatic carbocycles. The van der Waals surface area contributed by atoms with Crippen LogP contribution in [-0.4, -0.2) is 26.0 Å². The molecule has 0 saturated carbocycles. The van der Waals surface area contributed by atoms with Crippen molar-refractivity contribution in [3.63, 3.8) is 0 Å². The number of methoxy groups -OCH3 is 2. The monoisotopic (exact) mass is 264 g/mol. The first-order chi connectivity index (χ1) is 8.99. The van der Waals surface area contributed by atoms with E-state index in [1.165, 1.54) is 7.11 Å². The lowest BCUT2D eigenvalue weighted by atomic mass is 9.88. The lowest BCUT2D eigenvalue weighted by molar-refractivity contribution is -0.151. The Morgan fingerprint density at radius 1 is 1.21 bits per heavy atom. The summed E-state index contributed by atoms with van der Waals surface area (Å²) < 4.78 is 9.80. The van der Waals surface area contributed by atoms with Crippen LogP contribution in [0.4, 0.5) is 0 Å². The van der Waals surface area contributed by atoms with Crippen LogP contribution in [0.5, 0.6) is 5.75 Å². The summed E-state index contributed by atoms with van der Waals surface area (Å²) in [4.78, 5) is 23.9. The van der Waals surface area contributed by atoms with Crippen LogP contribution in [0.15, 0.2) is 24.3 Å². The van der Waals surface area contributed by atoms with Gasteiger partial charge in [0.05, 0.1) is 14.2 Å². The molecule has 4 heteroatoms. The first-order valence-corrected chi connectivity index (χ1v) is 6.23. The van der Waals surface area contributed by atoms with Crippen molar-refractivity contribution in [1.29, 1.82) is 0 Å². The van der Waals surface area contributed by atoms with Crippen LogP contribution in [0.1, 0.15) is 19.4 Å². The third-order valence-corrected chi connectivity index (χ3v) is 2.98. The number of ether oxygens (including phenoxy) is 2. The predicted octanol–water partition coefficient (Wildman–Crippen LogP) is 2.25. The minimum atomic E-state index is -0.712. The molecule has 0 spiro atoms. The summed E-state index contributed by atoms with van der Waals surface area (Å²) in [7, 11) is 2.88. The van der Waals surface area contributed by atoms with Crippen molar-refractivity contribution in [2.24, 2.45) is 11.8 Å². The Morgan fingerprint density at radius 2 is 1.89 bits per heavy atom. The summed E-state index contributed by atoms with van der Waals surface area (Å²) in [5, 5.41) is 0. The Balaban J connectivity index is 2.84. The van der Waals surface area contributed by atoms with Gasteiger partial charge in [-0.2, -0.15) is 0 Å². The second-order valence-corrected chi connectivity index (χ2v) is 4.74. The number of rotatable bonds is 6. The van der Waals surface area contributed by atoms with Gasteiger partial charge >= 0.3 is 5.97 Å². The molecule has 104 valence electrons. The van der Waals surface area contributed by atoms with Gasteiger partial charge in [0.1, 0.15) is 11.7 Å². The highest BCUT2D eigenvalue weighted by Gasteiger charge is 2.30. The summed E-state index contributed by atoms with van der Waals surface area (Å²) >= 11 is 0. The first-order valence-electron chi connectivity index (χ1n) is 6.23. The largest absolute Gasteiger partial charge is 0.497 e. The number of Topliss-reactive ketones (excluding diaryl/α,β-unsaturated/α-hetero) is 1. The second kappa shape index (κ2) is 6.92. The fourth-order valence-electron chi connectivity index (χ4n) is 2.00. The van der Waals surface area contributed by atoms with E-state index in [0.717, 1.165) is 5.56 Å². The first kappa shape index (κ1) is 15.2. The van der Waals surface area contributed by atoms with E-state index in [-0.39, 0.29) is 18.1 Å². The molecule has 0 aliphatic carbocycles. The van der Waals surface area contributed by atoms with Crippen molar-refractivity contribution >= 4 is 11.8 Å². The summed E-state index contributed by atoms with van der Waals surface area (Å²) in [6.45, 7) is 3.68. The Labute approximate surface area is 113 Å². The Bertz CT molecular complexity index is 451. The van der Waals surface area contributed by atoms with Crippen molar-refractivity contribution in [2.75, 3.05) is 14.2 Å². The number of hydrogen-bond donors (Lipinski definition) is 0. The van der Waals surface area contributed by atoms with Crippen LogP contribution < -0.4 is 4.74 Å². The molecule has 0 amide bonds. The van der Waals surface area contributed by atoms with Crippen molar-refractivity contribution in [3.05, 3.63) is 29.8 Å². The molecule has 0 heterocycles. The molecule has 1 unspecified atom stereocenters. The molecule has 0 fully saturated rings. The van der Waals surface area contributed by atoms with E-state index >= 15 is 0 Å². The zero-order valence-corrected chi connectivity index (χ0v) is 11.8. The molecule has 0 radical (unpaired) electrons. The van der Waals surface area contributed by atoms with Crippen LogP contribution in [-0.2, 0) is 20.7 Å². The molecule has 0 bridgehead atoms. The van der Waals surface area contributed by atoms with Gasteiger partial charge in [-0.25, -0.2) is 0 Å². The Hall–Kier alpha value is -1.84. The van der Waals surface area contributed by atoms with E-state index in [9.17, 15) is 9.59 Å². The second-order valence-electron chi connectivity index (χ2n) is 4.74. The van der Waals surface area contributed by atoms with Crippen molar-refractivity contribution in [3.8, 4) is 5.75 Å². The highest BCUT2D eigenvalue weighted by Crippen LogP contribution is 2.19. The van der Waals surface area contributed by atoms with Crippen LogP contribution in [0, 0.1) is 11.8 Å². The van der Waals surface area contributed by atoms with E-state index in [0.29, 0.717) is 5.75 Å². The number of carbonyl (C=O) groups is 2. The number of carbonyl (C=O) groups excluding carboxylic acids is 2. The number of esters is 1. The summed E-state index contributed by atoms with van der Waals surface area (Å²) in [6, 6.07) is 7.28. The molecule has 0 N–H and O–H groups in total. The zero-order chi connectivity index (χ0) is 14.4. The molecular formula is C15H20O4. The predicted molar refractivity (Wildman–Crippen MR) is 72.0 cm³/mol. The van der Waals surface area contributed by atoms with Gasteiger partial charge in [0.15, 0.2) is 5.78 Å². The lowest BCUT2D eigenvalue weighted by Gasteiger charge is -2.17. The average Bonchev–Trinajstić information content (AvgIpc) is 2.38. The van der Waals surface area contributed by atoms with Crippen molar-refractivity contribution in [1.82, 2.24) is 0 Å².